The standard InChI is InChI=1S/C14H15N3O4/c1-21-14(18)13-12(17(19)20)10-16(15-13)9-5-8-11-6-3-2-4-7-11/h2-4,6-7,10H,5,8-9H2,1H3. The molecule has 7 nitrogen and oxygen atoms in total. The molecule has 0 aliphatic heterocycles. The zero-order valence-corrected chi connectivity index (χ0v) is 11.6. The zero-order valence-electron chi connectivity index (χ0n) is 11.6. The minimum Gasteiger partial charge on any atom is -0.464 e. The van der Waals surface area contributed by atoms with E-state index in [1.807, 2.05) is 30.3 Å². The summed E-state index contributed by atoms with van der Waals surface area (Å²) in [5.74, 6) is -0.802. The molecule has 0 fully saturated rings. The van der Waals surface area contributed by atoms with Crippen molar-refractivity contribution >= 4 is 11.7 Å². The lowest BCUT2D eigenvalue weighted by Gasteiger charge is -2.01. The number of aryl methyl sites for hydroxylation is 2. The summed E-state index contributed by atoms with van der Waals surface area (Å²) in [4.78, 5) is 21.7. The lowest BCUT2D eigenvalue weighted by molar-refractivity contribution is -0.385. The fourth-order valence-electron chi connectivity index (χ4n) is 1.99. The van der Waals surface area contributed by atoms with Crippen LogP contribution in [-0.2, 0) is 17.7 Å². The summed E-state index contributed by atoms with van der Waals surface area (Å²) in [6.07, 6.45) is 2.86. The number of esters is 1. The van der Waals surface area contributed by atoms with Crippen molar-refractivity contribution in [3.8, 4) is 0 Å². The molecule has 0 aliphatic rings. The summed E-state index contributed by atoms with van der Waals surface area (Å²) >= 11 is 0. The van der Waals surface area contributed by atoms with Crippen LogP contribution in [-0.4, -0.2) is 27.8 Å². The quantitative estimate of drug-likeness (QED) is 0.462. The second-order valence-electron chi connectivity index (χ2n) is 4.46. The highest BCUT2D eigenvalue weighted by molar-refractivity contribution is 5.91. The number of nitro groups is 1. The molecular formula is C14H15N3O4. The van der Waals surface area contributed by atoms with E-state index in [0.717, 1.165) is 12.8 Å². The number of benzene rings is 1. The fraction of sp³-hybridized carbons (Fsp3) is 0.286. The van der Waals surface area contributed by atoms with Gasteiger partial charge in [-0.25, -0.2) is 4.79 Å². The Labute approximate surface area is 121 Å². The third kappa shape index (κ3) is 3.65. The number of nitrogens with zero attached hydrogens (tertiary/aromatic N) is 3. The topological polar surface area (TPSA) is 87.3 Å². The minimum absolute atomic E-state index is 0.262. The average Bonchev–Trinajstić information content (AvgIpc) is 2.92. The molecule has 0 aliphatic carbocycles. The number of carbonyl (C=O) groups is 1. The van der Waals surface area contributed by atoms with Crippen LogP contribution in [0.1, 0.15) is 22.5 Å². The smallest absolute Gasteiger partial charge is 0.365 e. The van der Waals surface area contributed by atoms with E-state index >= 15 is 0 Å². The number of rotatable bonds is 6. The Hall–Kier alpha value is -2.70. The van der Waals surface area contributed by atoms with Crippen LogP contribution in [0.4, 0.5) is 5.69 Å². The molecule has 21 heavy (non-hydrogen) atoms. The summed E-state index contributed by atoms with van der Waals surface area (Å²) in [5.41, 5.74) is 0.594. The maximum atomic E-state index is 11.4. The summed E-state index contributed by atoms with van der Waals surface area (Å²) in [5, 5.41) is 14.8. The lowest BCUT2D eigenvalue weighted by Crippen LogP contribution is -2.07. The van der Waals surface area contributed by atoms with Crippen LogP contribution < -0.4 is 0 Å². The first-order valence-electron chi connectivity index (χ1n) is 6.46. The Bertz CT molecular complexity index is 637. The third-order valence-electron chi connectivity index (χ3n) is 3.01. The number of hydrogen-bond donors (Lipinski definition) is 0. The highest BCUT2D eigenvalue weighted by atomic mass is 16.6. The molecule has 1 aromatic carbocycles. The van der Waals surface area contributed by atoms with E-state index in [1.54, 1.807) is 0 Å². The highest BCUT2D eigenvalue weighted by Gasteiger charge is 2.26. The molecule has 0 N–H and O–H groups in total. The van der Waals surface area contributed by atoms with Crippen molar-refractivity contribution in [3.63, 3.8) is 0 Å². The Kier molecular flexibility index (Phi) is 4.65. The number of ether oxygens (including phenoxy) is 1. The van der Waals surface area contributed by atoms with Gasteiger partial charge in [0.15, 0.2) is 0 Å². The largest absolute Gasteiger partial charge is 0.464 e. The second kappa shape index (κ2) is 6.65. The fourth-order valence-corrected chi connectivity index (χ4v) is 1.99. The summed E-state index contributed by atoms with van der Waals surface area (Å²) in [6.45, 7) is 0.493. The van der Waals surface area contributed by atoms with E-state index in [1.165, 1.54) is 23.6 Å². The van der Waals surface area contributed by atoms with Crippen molar-refractivity contribution in [2.24, 2.45) is 0 Å². The van der Waals surface area contributed by atoms with Crippen molar-refractivity contribution in [1.82, 2.24) is 9.78 Å². The van der Waals surface area contributed by atoms with Crippen LogP contribution in [0.25, 0.3) is 0 Å². The first-order valence-corrected chi connectivity index (χ1v) is 6.46. The second-order valence-corrected chi connectivity index (χ2v) is 4.46. The normalized spacial score (nSPS) is 10.3. The van der Waals surface area contributed by atoms with E-state index < -0.39 is 10.9 Å². The number of aromatic nitrogens is 2. The van der Waals surface area contributed by atoms with Gasteiger partial charge >= 0.3 is 11.7 Å². The van der Waals surface area contributed by atoms with Crippen LogP contribution in [0.5, 0.6) is 0 Å². The molecule has 2 rings (SSSR count). The van der Waals surface area contributed by atoms with Crippen LogP contribution in [0.2, 0.25) is 0 Å². The van der Waals surface area contributed by atoms with Crippen molar-refractivity contribution in [2.75, 3.05) is 7.11 Å². The molecule has 0 amide bonds. The van der Waals surface area contributed by atoms with E-state index in [0.29, 0.717) is 6.54 Å². The molecule has 1 heterocycles. The van der Waals surface area contributed by atoms with E-state index in [4.69, 9.17) is 0 Å². The maximum absolute atomic E-state index is 11.4. The zero-order chi connectivity index (χ0) is 15.2. The van der Waals surface area contributed by atoms with Gasteiger partial charge in [-0.15, -0.1) is 0 Å². The molecule has 1 aromatic heterocycles. The molecule has 0 saturated carbocycles. The molecule has 0 radical (unpaired) electrons. The van der Waals surface area contributed by atoms with Gasteiger partial charge in [0, 0.05) is 6.54 Å². The van der Waals surface area contributed by atoms with Gasteiger partial charge in [-0.1, -0.05) is 30.3 Å². The van der Waals surface area contributed by atoms with E-state index in [9.17, 15) is 14.9 Å². The first-order chi connectivity index (χ1) is 10.1. The molecule has 0 unspecified atom stereocenters. The summed E-state index contributed by atoms with van der Waals surface area (Å²) in [7, 11) is 1.17. The van der Waals surface area contributed by atoms with Crippen molar-refractivity contribution in [1.29, 1.82) is 0 Å². The number of hydrogen-bond acceptors (Lipinski definition) is 5. The SMILES string of the molecule is COC(=O)c1nn(CCCc2ccccc2)cc1[N+](=O)[O-]. The van der Waals surface area contributed by atoms with Gasteiger partial charge in [-0.2, -0.15) is 5.10 Å². The van der Waals surface area contributed by atoms with Crippen LogP contribution >= 0.6 is 0 Å². The van der Waals surface area contributed by atoms with Gasteiger partial charge in [0.05, 0.1) is 12.0 Å². The van der Waals surface area contributed by atoms with Gasteiger partial charge < -0.3 is 4.74 Å². The predicted molar refractivity (Wildman–Crippen MR) is 75.0 cm³/mol. The van der Waals surface area contributed by atoms with Gasteiger partial charge in [-0.3, -0.25) is 14.8 Å². The van der Waals surface area contributed by atoms with Crippen LogP contribution in [0, 0.1) is 10.1 Å². The van der Waals surface area contributed by atoms with Crippen molar-refractivity contribution < 1.29 is 14.5 Å². The van der Waals surface area contributed by atoms with Gasteiger partial charge in [-0.05, 0) is 18.4 Å². The Morgan fingerprint density at radius 2 is 2.10 bits per heavy atom. The summed E-state index contributed by atoms with van der Waals surface area (Å²) < 4.78 is 5.91. The predicted octanol–water partition coefficient (Wildman–Crippen LogP) is 2.21. The highest BCUT2D eigenvalue weighted by Crippen LogP contribution is 2.18. The molecular weight excluding hydrogens is 274 g/mol. The van der Waals surface area contributed by atoms with Gasteiger partial charge in [0.25, 0.3) is 0 Å². The lowest BCUT2D eigenvalue weighted by atomic mass is 10.1. The van der Waals surface area contributed by atoms with Crippen molar-refractivity contribution in [3.05, 3.63) is 57.9 Å². The monoisotopic (exact) mass is 289 g/mol. The average molecular weight is 289 g/mol. The van der Waals surface area contributed by atoms with Gasteiger partial charge in [0.1, 0.15) is 6.20 Å². The van der Waals surface area contributed by atoms with Gasteiger partial charge in [0.2, 0.25) is 5.69 Å². The van der Waals surface area contributed by atoms with E-state index in [2.05, 4.69) is 9.84 Å². The molecule has 0 saturated heterocycles. The molecule has 0 spiro atoms. The first kappa shape index (κ1) is 14.7. The van der Waals surface area contributed by atoms with Crippen molar-refractivity contribution in [2.45, 2.75) is 19.4 Å². The number of carbonyl (C=O) groups excluding carboxylic acids is 1. The Morgan fingerprint density at radius 1 is 1.38 bits per heavy atom. The molecule has 110 valence electrons. The summed E-state index contributed by atoms with van der Waals surface area (Å²) in [6, 6.07) is 9.91. The van der Waals surface area contributed by atoms with E-state index in [-0.39, 0.29) is 11.4 Å². The molecule has 0 bridgehead atoms. The Balaban J connectivity index is 2.03. The molecule has 2 aromatic rings. The maximum Gasteiger partial charge on any atom is 0.365 e. The third-order valence-corrected chi connectivity index (χ3v) is 3.01. The Morgan fingerprint density at radius 3 is 2.71 bits per heavy atom. The minimum atomic E-state index is -0.802. The van der Waals surface area contributed by atoms with Crippen LogP contribution in [0.3, 0.4) is 0 Å². The number of methoxy groups -OCH3 is 1. The van der Waals surface area contributed by atoms with Crippen LogP contribution in [0.15, 0.2) is 36.5 Å². The molecule has 0 atom stereocenters. The molecule has 7 heteroatoms.